The van der Waals surface area contributed by atoms with Gasteiger partial charge >= 0.3 is 5.97 Å². The van der Waals surface area contributed by atoms with Crippen molar-refractivity contribution in [3.05, 3.63) is 39.3 Å². The Hall–Kier alpha value is -1.40. The molecule has 1 heterocycles. The minimum absolute atomic E-state index is 0.206. The number of aryl methyl sites for hydroxylation is 1. The third-order valence-electron chi connectivity index (χ3n) is 2.49. The molecule has 1 aromatic carbocycles. The predicted octanol–water partition coefficient (Wildman–Crippen LogP) is 3.33. The van der Waals surface area contributed by atoms with Gasteiger partial charge in [-0.2, -0.15) is 0 Å². The normalized spacial score (nSPS) is 10.7. The molecule has 1 N–H and O–H groups in total. The Morgan fingerprint density at radius 1 is 1.53 bits per heavy atom. The van der Waals surface area contributed by atoms with Crippen molar-refractivity contribution in [1.29, 1.82) is 0 Å². The van der Waals surface area contributed by atoms with E-state index in [-0.39, 0.29) is 5.82 Å². The SMILES string of the molecule is CCCc1nc(C(=O)O)nn1-c1ccc(Br)c(Cl)c1. The van der Waals surface area contributed by atoms with Crippen LogP contribution in [0.3, 0.4) is 0 Å². The lowest BCUT2D eigenvalue weighted by molar-refractivity contribution is 0.0683. The second kappa shape index (κ2) is 5.71. The fourth-order valence-electron chi connectivity index (χ4n) is 1.64. The van der Waals surface area contributed by atoms with Crippen LogP contribution in [0.15, 0.2) is 22.7 Å². The molecule has 0 unspecified atom stereocenters. The minimum Gasteiger partial charge on any atom is -0.475 e. The Morgan fingerprint density at radius 3 is 2.84 bits per heavy atom. The lowest BCUT2D eigenvalue weighted by atomic mass is 10.3. The first-order valence-electron chi connectivity index (χ1n) is 5.67. The van der Waals surface area contributed by atoms with Gasteiger partial charge in [-0.15, -0.1) is 5.10 Å². The van der Waals surface area contributed by atoms with Gasteiger partial charge in [-0.3, -0.25) is 0 Å². The summed E-state index contributed by atoms with van der Waals surface area (Å²) in [5.41, 5.74) is 0.691. The molecule has 0 aliphatic rings. The van der Waals surface area contributed by atoms with Crippen molar-refractivity contribution in [3.8, 4) is 5.69 Å². The van der Waals surface area contributed by atoms with Crippen LogP contribution in [0.1, 0.15) is 29.8 Å². The van der Waals surface area contributed by atoms with E-state index in [1.165, 1.54) is 4.68 Å². The van der Waals surface area contributed by atoms with Gasteiger partial charge in [-0.05, 0) is 40.5 Å². The maximum Gasteiger partial charge on any atom is 0.375 e. The molecule has 19 heavy (non-hydrogen) atoms. The third-order valence-corrected chi connectivity index (χ3v) is 3.72. The van der Waals surface area contributed by atoms with Gasteiger partial charge in [-0.1, -0.05) is 18.5 Å². The van der Waals surface area contributed by atoms with Crippen molar-refractivity contribution in [2.75, 3.05) is 0 Å². The summed E-state index contributed by atoms with van der Waals surface area (Å²) < 4.78 is 2.29. The van der Waals surface area contributed by atoms with Crippen molar-refractivity contribution in [2.45, 2.75) is 19.8 Å². The van der Waals surface area contributed by atoms with Crippen LogP contribution in [0.2, 0.25) is 5.02 Å². The van der Waals surface area contributed by atoms with Crippen LogP contribution in [-0.2, 0) is 6.42 Å². The van der Waals surface area contributed by atoms with Crippen LogP contribution in [0.25, 0.3) is 5.69 Å². The molecule has 0 radical (unpaired) electrons. The van der Waals surface area contributed by atoms with Crippen molar-refractivity contribution in [3.63, 3.8) is 0 Å². The summed E-state index contributed by atoms with van der Waals surface area (Å²) >= 11 is 9.35. The average molecular weight is 345 g/mol. The van der Waals surface area contributed by atoms with E-state index in [0.29, 0.717) is 23.0 Å². The molecule has 0 bridgehead atoms. The molecule has 2 rings (SSSR count). The van der Waals surface area contributed by atoms with Gasteiger partial charge in [0.1, 0.15) is 5.82 Å². The molecule has 0 spiro atoms. The van der Waals surface area contributed by atoms with Crippen LogP contribution < -0.4 is 0 Å². The quantitative estimate of drug-likeness (QED) is 0.923. The topological polar surface area (TPSA) is 68.0 Å². The van der Waals surface area contributed by atoms with E-state index < -0.39 is 5.97 Å². The van der Waals surface area contributed by atoms with E-state index in [9.17, 15) is 4.79 Å². The number of halogens is 2. The largest absolute Gasteiger partial charge is 0.475 e. The smallest absolute Gasteiger partial charge is 0.375 e. The standard InChI is InChI=1S/C12H11BrClN3O2/c1-2-3-10-15-11(12(18)19)16-17(10)7-4-5-8(13)9(14)6-7/h4-6H,2-3H2,1H3,(H,18,19). The number of carboxylic acids is 1. The van der Waals surface area contributed by atoms with E-state index in [4.69, 9.17) is 16.7 Å². The van der Waals surface area contributed by atoms with Crippen molar-refractivity contribution in [2.24, 2.45) is 0 Å². The van der Waals surface area contributed by atoms with Crippen molar-refractivity contribution >= 4 is 33.5 Å². The Bertz CT molecular complexity index is 627. The first-order chi connectivity index (χ1) is 9.02. The molecule has 0 saturated carbocycles. The van der Waals surface area contributed by atoms with Gasteiger partial charge in [0.05, 0.1) is 10.7 Å². The number of carbonyl (C=O) groups is 1. The highest BCUT2D eigenvalue weighted by Gasteiger charge is 2.16. The summed E-state index contributed by atoms with van der Waals surface area (Å²) in [7, 11) is 0. The average Bonchev–Trinajstić information content (AvgIpc) is 2.77. The number of rotatable bonds is 4. The first-order valence-corrected chi connectivity index (χ1v) is 6.84. The molecular weight excluding hydrogens is 334 g/mol. The van der Waals surface area contributed by atoms with Gasteiger partial charge in [0.15, 0.2) is 0 Å². The fraction of sp³-hybridized carbons (Fsp3) is 0.250. The second-order valence-electron chi connectivity index (χ2n) is 3.92. The number of nitrogens with zero attached hydrogens (tertiary/aromatic N) is 3. The van der Waals surface area contributed by atoms with Crippen molar-refractivity contribution in [1.82, 2.24) is 14.8 Å². The number of carboxylic acid groups (broad SMARTS) is 1. The molecular formula is C12H11BrClN3O2. The summed E-state index contributed by atoms with van der Waals surface area (Å²) in [6.07, 6.45) is 1.50. The highest BCUT2D eigenvalue weighted by Crippen LogP contribution is 2.25. The highest BCUT2D eigenvalue weighted by molar-refractivity contribution is 9.10. The fourth-order valence-corrected chi connectivity index (χ4v) is 2.07. The summed E-state index contributed by atoms with van der Waals surface area (Å²) in [5.74, 6) is -0.736. The molecule has 1 aromatic heterocycles. The van der Waals surface area contributed by atoms with Crippen LogP contribution >= 0.6 is 27.5 Å². The van der Waals surface area contributed by atoms with Gasteiger partial charge in [0.25, 0.3) is 5.82 Å². The maximum absolute atomic E-state index is 11.0. The summed E-state index contributed by atoms with van der Waals surface area (Å²) in [4.78, 5) is 15.0. The van der Waals surface area contributed by atoms with Crippen LogP contribution in [-0.4, -0.2) is 25.8 Å². The van der Waals surface area contributed by atoms with Crippen molar-refractivity contribution < 1.29 is 9.90 Å². The number of hydrogen-bond donors (Lipinski definition) is 1. The van der Waals surface area contributed by atoms with Crippen LogP contribution in [0.4, 0.5) is 0 Å². The monoisotopic (exact) mass is 343 g/mol. The molecule has 0 atom stereocenters. The summed E-state index contributed by atoms with van der Waals surface area (Å²) in [5, 5.41) is 13.5. The molecule has 0 aliphatic heterocycles. The van der Waals surface area contributed by atoms with Crippen LogP contribution in [0, 0.1) is 0 Å². The van der Waals surface area contributed by atoms with Crippen LogP contribution in [0.5, 0.6) is 0 Å². The van der Waals surface area contributed by atoms with E-state index in [2.05, 4.69) is 26.0 Å². The van der Waals surface area contributed by atoms with Gasteiger partial charge in [0, 0.05) is 10.9 Å². The van der Waals surface area contributed by atoms with E-state index >= 15 is 0 Å². The van der Waals surface area contributed by atoms with E-state index in [1.807, 2.05) is 6.92 Å². The molecule has 7 heteroatoms. The molecule has 2 aromatic rings. The van der Waals surface area contributed by atoms with E-state index in [1.54, 1.807) is 18.2 Å². The zero-order chi connectivity index (χ0) is 14.0. The lowest BCUT2D eigenvalue weighted by Gasteiger charge is -2.06. The number of hydrogen-bond acceptors (Lipinski definition) is 3. The maximum atomic E-state index is 11.0. The van der Waals surface area contributed by atoms with Gasteiger partial charge in [-0.25, -0.2) is 14.5 Å². The number of benzene rings is 1. The molecule has 5 nitrogen and oxygen atoms in total. The number of aromatic nitrogens is 3. The molecule has 0 amide bonds. The molecule has 100 valence electrons. The molecule has 0 aliphatic carbocycles. The second-order valence-corrected chi connectivity index (χ2v) is 5.18. The van der Waals surface area contributed by atoms with Gasteiger partial charge in [0.2, 0.25) is 0 Å². The predicted molar refractivity (Wildman–Crippen MR) is 75.0 cm³/mol. The lowest BCUT2D eigenvalue weighted by Crippen LogP contribution is -2.03. The molecule has 0 saturated heterocycles. The van der Waals surface area contributed by atoms with Gasteiger partial charge < -0.3 is 5.11 Å². The minimum atomic E-state index is -1.14. The highest BCUT2D eigenvalue weighted by atomic mass is 79.9. The summed E-state index contributed by atoms with van der Waals surface area (Å²) in [6.45, 7) is 1.99. The first kappa shape index (κ1) is 14.0. The molecule has 0 fully saturated rings. The Labute approximate surface area is 123 Å². The zero-order valence-electron chi connectivity index (χ0n) is 10.1. The summed E-state index contributed by atoms with van der Waals surface area (Å²) in [6, 6.07) is 5.30. The Kier molecular flexibility index (Phi) is 4.21. The Morgan fingerprint density at radius 2 is 2.26 bits per heavy atom. The number of aromatic carboxylic acids is 1. The third kappa shape index (κ3) is 2.96. The Balaban J connectivity index is 2.52. The van der Waals surface area contributed by atoms with E-state index in [0.717, 1.165) is 10.9 Å². The zero-order valence-corrected chi connectivity index (χ0v) is 12.4.